The van der Waals surface area contributed by atoms with Gasteiger partial charge in [0.15, 0.2) is 5.16 Å². The Labute approximate surface area is 128 Å². The highest BCUT2D eigenvalue weighted by molar-refractivity contribution is 7.99. The Hall–Kier alpha value is -2.02. The van der Waals surface area contributed by atoms with Crippen LogP contribution in [-0.2, 0) is 11.3 Å². The zero-order chi connectivity index (χ0) is 15.2. The van der Waals surface area contributed by atoms with Crippen molar-refractivity contribution in [1.29, 1.82) is 0 Å². The van der Waals surface area contributed by atoms with Crippen LogP contribution in [-0.4, -0.2) is 52.9 Å². The number of hydrogen-bond donors (Lipinski definition) is 1. The maximum Gasteiger partial charge on any atom is 0.233 e. The van der Waals surface area contributed by atoms with Crippen molar-refractivity contribution >= 4 is 23.4 Å². The maximum absolute atomic E-state index is 12.1. The summed E-state index contributed by atoms with van der Waals surface area (Å²) < 4.78 is 0. The molecule has 0 spiro atoms. The van der Waals surface area contributed by atoms with Crippen molar-refractivity contribution in [2.24, 2.45) is 0 Å². The molecule has 2 aromatic rings. The van der Waals surface area contributed by atoms with Crippen LogP contribution in [0.3, 0.4) is 0 Å². The topological polar surface area (TPSA) is 65.1 Å². The lowest BCUT2D eigenvalue weighted by atomic mass is 10.2. The molecule has 0 saturated carbocycles. The molecule has 0 atom stereocenters. The number of rotatable bonds is 6. The molecule has 0 aliphatic rings. The van der Waals surface area contributed by atoms with E-state index in [9.17, 15) is 4.79 Å². The molecule has 1 N–H and O–H groups in total. The van der Waals surface area contributed by atoms with Crippen molar-refractivity contribution in [3.05, 3.63) is 36.2 Å². The lowest BCUT2D eigenvalue weighted by molar-refractivity contribution is -0.127. The molecule has 1 aromatic carbocycles. The molecular formula is C14H19N5OS. The molecule has 0 radical (unpaired) electrons. The van der Waals surface area contributed by atoms with Gasteiger partial charge in [0.1, 0.15) is 6.33 Å². The average Bonchev–Trinajstić information content (AvgIpc) is 2.98. The van der Waals surface area contributed by atoms with Crippen LogP contribution >= 0.6 is 11.8 Å². The second-order valence-electron chi connectivity index (χ2n) is 4.89. The van der Waals surface area contributed by atoms with Crippen molar-refractivity contribution in [2.45, 2.75) is 11.7 Å². The molecule has 21 heavy (non-hydrogen) atoms. The fraction of sp³-hybridized carbons (Fsp3) is 0.357. The highest BCUT2D eigenvalue weighted by Gasteiger charge is 2.11. The minimum atomic E-state index is 0.0630. The summed E-state index contributed by atoms with van der Waals surface area (Å²) in [6.07, 6.45) is 1.43. The Morgan fingerprint density at radius 2 is 1.95 bits per heavy atom. The van der Waals surface area contributed by atoms with Crippen molar-refractivity contribution in [2.75, 3.05) is 31.8 Å². The highest BCUT2D eigenvalue weighted by Crippen LogP contribution is 2.15. The van der Waals surface area contributed by atoms with Crippen LogP contribution in [0.2, 0.25) is 0 Å². The number of carbonyl (C=O) groups excluding carboxylic acids is 1. The number of nitrogens with zero attached hydrogens (tertiary/aromatic N) is 4. The van der Waals surface area contributed by atoms with Crippen LogP contribution in [0.25, 0.3) is 0 Å². The van der Waals surface area contributed by atoms with E-state index in [-0.39, 0.29) is 5.91 Å². The number of carbonyl (C=O) groups is 1. The smallest absolute Gasteiger partial charge is 0.233 e. The second-order valence-corrected chi connectivity index (χ2v) is 5.85. The number of thioether (sulfide) groups is 1. The first kappa shape index (κ1) is 15.4. The standard InChI is InChI=1S/C14H19N5OS/c1-18(2)12-6-4-11(5-7-12)8-19(3)13(20)9-21-14-15-10-16-17-14/h4-7,10H,8-9H2,1-3H3,(H,15,16,17). The average molecular weight is 305 g/mol. The zero-order valence-electron chi connectivity index (χ0n) is 12.4. The third-order valence-corrected chi connectivity index (χ3v) is 3.88. The maximum atomic E-state index is 12.1. The van der Waals surface area contributed by atoms with E-state index in [1.165, 1.54) is 18.1 Å². The molecule has 2 rings (SSSR count). The normalized spacial score (nSPS) is 10.4. The molecule has 0 unspecified atom stereocenters. The Morgan fingerprint density at radius 3 is 2.52 bits per heavy atom. The van der Waals surface area contributed by atoms with Crippen molar-refractivity contribution in [3.8, 4) is 0 Å². The molecule has 0 bridgehead atoms. The Bertz CT molecular complexity index is 568. The molecule has 1 amide bonds. The lowest BCUT2D eigenvalue weighted by Crippen LogP contribution is -2.27. The number of anilines is 1. The molecule has 0 aliphatic carbocycles. The van der Waals surface area contributed by atoms with Gasteiger partial charge in [0.05, 0.1) is 5.75 Å². The molecule has 1 aromatic heterocycles. The summed E-state index contributed by atoms with van der Waals surface area (Å²) in [5.41, 5.74) is 2.26. The fourth-order valence-corrected chi connectivity index (χ4v) is 2.49. The van der Waals surface area contributed by atoms with E-state index in [4.69, 9.17) is 0 Å². The van der Waals surface area contributed by atoms with E-state index in [2.05, 4.69) is 27.3 Å². The molecular weight excluding hydrogens is 286 g/mol. The number of H-pyrrole nitrogens is 1. The summed E-state index contributed by atoms with van der Waals surface area (Å²) in [4.78, 5) is 19.8. The first-order chi connectivity index (χ1) is 10.1. The van der Waals surface area contributed by atoms with Crippen molar-refractivity contribution < 1.29 is 4.79 Å². The third-order valence-electron chi connectivity index (χ3n) is 3.02. The number of amides is 1. The van der Waals surface area contributed by atoms with Gasteiger partial charge < -0.3 is 9.80 Å². The predicted octanol–water partition coefficient (Wildman–Crippen LogP) is 1.62. The van der Waals surface area contributed by atoms with Gasteiger partial charge in [-0.3, -0.25) is 9.89 Å². The van der Waals surface area contributed by atoms with E-state index < -0.39 is 0 Å². The number of nitrogens with one attached hydrogen (secondary N) is 1. The van der Waals surface area contributed by atoms with E-state index >= 15 is 0 Å². The molecule has 0 saturated heterocycles. The lowest BCUT2D eigenvalue weighted by Gasteiger charge is -2.18. The number of aromatic amines is 1. The minimum absolute atomic E-state index is 0.0630. The van der Waals surface area contributed by atoms with Crippen LogP contribution in [0.4, 0.5) is 5.69 Å². The molecule has 112 valence electrons. The summed E-state index contributed by atoms with van der Waals surface area (Å²) in [5.74, 6) is 0.412. The van der Waals surface area contributed by atoms with E-state index in [0.717, 1.165) is 11.3 Å². The largest absolute Gasteiger partial charge is 0.378 e. The van der Waals surface area contributed by atoms with Gasteiger partial charge in [-0.15, -0.1) is 0 Å². The van der Waals surface area contributed by atoms with Gasteiger partial charge in [0, 0.05) is 33.4 Å². The van der Waals surface area contributed by atoms with Gasteiger partial charge >= 0.3 is 0 Å². The number of benzene rings is 1. The van der Waals surface area contributed by atoms with Crippen LogP contribution in [0, 0.1) is 0 Å². The number of hydrogen-bond acceptors (Lipinski definition) is 5. The quantitative estimate of drug-likeness (QED) is 0.822. The summed E-state index contributed by atoms with van der Waals surface area (Å²) in [6, 6.07) is 8.19. The van der Waals surface area contributed by atoms with Crippen LogP contribution in [0.1, 0.15) is 5.56 Å². The summed E-state index contributed by atoms with van der Waals surface area (Å²) in [6.45, 7) is 0.601. The van der Waals surface area contributed by atoms with Crippen molar-refractivity contribution in [1.82, 2.24) is 20.1 Å². The number of aromatic nitrogens is 3. The minimum Gasteiger partial charge on any atom is -0.378 e. The van der Waals surface area contributed by atoms with Gasteiger partial charge in [-0.1, -0.05) is 23.9 Å². The summed E-state index contributed by atoms with van der Waals surface area (Å²) >= 11 is 1.35. The first-order valence-electron chi connectivity index (χ1n) is 6.54. The van der Waals surface area contributed by atoms with Crippen LogP contribution in [0.15, 0.2) is 35.7 Å². The van der Waals surface area contributed by atoms with E-state index in [0.29, 0.717) is 17.5 Å². The fourth-order valence-electron chi connectivity index (χ4n) is 1.77. The molecule has 1 heterocycles. The SMILES string of the molecule is CN(Cc1ccc(N(C)C)cc1)C(=O)CSc1ncn[nH]1. The van der Waals surface area contributed by atoms with E-state index in [1.54, 1.807) is 4.90 Å². The van der Waals surface area contributed by atoms with E-state index in [1.807, 2.05) is 38.2 Å². The molecule has 0 aliphatic heterocycles. The van der Waals surface area contributed by atoms with Gasteiger partial charge in [-0.2, -0.15) is 5.10 Å². The monoisotopic (exact) mass is 305 g/mol. The summed E-state index contributed by atoms with van der Waals surface area (Å²) in [7, 11) is 5.82. The molecule has 6 nitrogen and oxygen atoms in total. The molecule has 7 heteroatoms. The zero-order valence-corrected chi connectivity index (χ0v) is 13.2. The Morgan fingerprint density at radius 1 is 1.24 bits per heavy atom. The van der Waals surface area contributed by atoms with Crippen LogP contribution in [0.5, 0.6) is 0 Å². The van der Waals surface area contributed by atoms with Gasteiger partial charge in [0.2, 0.25) is 5.91 Å². The highest BCUT2D eigenvalue weighted by atomic mass is 32.2. The Kier molecular flexibility index (Phi) is 5.21. The predicted molar refractivity (Wildman–Crippen MR) is 84.3 cm³/mol. The first-order valence-corrected chi connectivity index (χ1v) is 7.53. The summed E-state index contributed by atoms with van der Waals surface area (Å²) in [5, 5.41) is 7.13. The van der Waals surface area contributed by atoms with Gasteiger partial charge in [-0.25, -0.2) is 4.98 Å². The second kappa shape index (κ2) is 7.12. The van der Waals surface area contributed by atoms with Gasteiger partial charge in [0.25, 0.3) is 0 Å². The third kappa shape index (κ3) is 4.49. The van der Waals surface area contributed by atoms with Crippen LogP contribution < -0.4 is 4.90 Å². The van der Waals surface area contributed by atoms with Gasteiger partial charge in [-0.05, 0) is 17.7 Å². The van der Waals surface area contributed by atoms with Crippen molar-refractivity contribution in [3.63, 3.8) is 0 Å². The Balaban J connectivity index is 1.85. The molecule has 0 fully saturated rings.